The van der Waals surface area contributed by atoms with Crippen LogP contribution in [-0.2, 0) is 14.3 Å². The largest absolute Gasteiger partial charge is 0.481 e. The SMILES string of the molecule is COC1CCC(NC(=O)C(N)CCC(=O)O)C1. The highest BCUT2D eigenvalue weighted by molar-refractivity contribution is 5.82. The zero-order chi connectivity index (χ0) is 12.8. The molecule has 0 aromatic heterocycles. The van der Waals surface area contributed by atoms with E-state index < -0.39 is 12.0 Å². The van der Waals surface area contributed by atoms with Gasteiger partial charge >= 0.3 is 5.97 Å². The Balaban J connectivity index is 2.26. The van der Waals surface area contributed by atoms with Crippen LogP contribution in [0, 0.1) is 0 Å². The number of carboxylic acid groups (broad SMARTS) is 1. The van der Waals surface area contributed by atoms with Crippen molar-refractivity contribution in [2.75, 3.05) is 7.11 Å². The van der Waals surface area contributed by atoms with E-state index in [1.165, 1.54) is 0 Å². The molecule has 1 aliphatic carbocycles. The first-order valence-corrected chi connectivity index (χ1v) is 5.83. The summed E-state index contributed by atoms with van der Waals surface area (Å²) in [5, 5.41) is 11.3. The van der Waals surface area contributed by atoms with E-state index in [-0.39, 0.29) is 30.9 Å². The molecule has 1 aliphatic rings. The molecule has 6 nitrogen and oxygen atoms in total. The van der Waals surface area contributed by atoms with Gasteiger partial charge in [0, 0.05) is 19.6 Å². The van der Waals surface area contributed by atoms with Gasteiger partial charge in [0.25, 0.3) is 0 Å². The fourth-order valence-electron chi connectivity index (χ4n) is 2.00. The third-order valence-electron chi connectivity index (χ3n) is 3.07. The second-order valence-electron chi connectivity index (χ2n) is 4.42. The standard InChI is InChI=1S/C11H20N2O4/c1-17-8-3-2-7(6-8)13-11(16)9(12)4-5-10(14)15/h7-9H,2-6,12H2,1H3,(H,13,16)(H,14,15). The summed E-state index contributed by atoms with van der Waals surface area (Å²) in [6.45, 7) is 0. The number of amides is 1. The number of ether oxygens (including phenoxy) is 1. The van der Waals surface area contributed by atoms with Gasteiger partial charge < -0.3 is 20.9 Å². The molecule has 17 heavy (non-hydrogen) atoms. The number of methoxy groups -OCH3 is 1. The average molecular weight is 244 g/mol. The molecule has 0 heterocycles. The molecular weight excluding hydrogens is 224 g/mol. The number of nitrogens with one attached hydrogen (secondary N) is 1. The Morgan fingerprint density at radius 2 is 2.24 bits per heavy atom. The molecule has 0 aromatic carbocycles. The summed E-state index contributed by atoms with van der Waals surface area (Å²) < 4.78 is 5.20. The number of aliphatic carboxylic acids is 1. The van der Waals surface area contributed by atoms with Crippen LogP contribution in [0.25, 0.3) is 0 Å². The van der Waals surface area contributed by atoms with E-state index in [9.17, 15) is 9.59 Å². The van der Waals surface area contributed by atoms with Crippen LogP contribution < -0.4 is 11.1 Å². The highest BCUT2D eigenvalue weighted by atomic mass is 16.5. The van der Waals surface area contributed by atoms with Crippen molar-refractivity contribution in [1.82, 2.24) is 5.32 Å². The number of carbonyl (C=O) groups is 2. The van der Waals surface area contributed by atoms with Gasteiger partial charge in [-0.05, 0) is 25.7 Å². The lowest BCUT2D eigenvalue weighted by Gasteiger charge is -2.16. The first-order valence-electron chi connectivity index (χ1n) is 5.83. The number of carboxylic acids is 1. The van der Waals surface area contributed by atoms with Crippen LogP contribution in [0.2, 0.25) is 0 Å². The third-order valence-corrected chi connectivity index (χ3v) is 3.07. The smallest absolute Gasteiger partial charge is 0.303 e. The highest BCUT2D eigenvalue weighted by Gasteiger charge is 2.27. The summed E-state index contributed by atoms with van der Waals surface area (Å²) in [6, 6.07) is -0.643. The van der Waals surface area contributed by atoms with Gasteiger partial charge in [0.15, 0.2) is 0 Å². The molecule has 0 radical (unpaired) electrons. The molecule has 3 atom stereocenters. The Kier molecular flexibility index (Phi) is 5.37. The first-order chi connectivity index (χ1) is 8.02. The molecule has 1 amide bonds. The molecule has 1 saturated carbocycles. The molecular formula is C11H20N2O4. The molecule has 4 N–H and O–H groups in total. The van der Waals surface area contributed by atoms with Crippen molar-refractivity contribution in [2.45, 2.75) is 50.3 Å². The van der Waals surface area contributed by atoms with E-state index in [2.05, 4.69) is 5.32 Å². The molecule has 98 valence electrons. The zero-order valence-electron chi connectivity index (χ0n) is 10.0. The van der Waals surface area contributed by atoms with Crippen LogP contribution in [0.5, 0.6) is 0 Å². The molecule has 1 rings (SSSR count). The summed E-state index contributed by atoms with van der Waals surface area (Å²) in [7, 11) is 1.66. The van der Waals surface area contributed by atoms with Crippen molar-refractivity contribution in [3.8, 4) is 0 Å². The van der Waals surface area contributed by atoms with Crippen molar-refractivity contribution in [1.29, 1.82) is 0 Å². The monoisotopic (exact) mass is 244 g/mol. The number of rotatable bonds is 6. The van der Waals surface area contributed by atoms with E-state index in [1.54, 1.807) is 7.11 Å². The topological polar surface area (TPSA) is 102 Å². The second-order valence-corrected chi connectivity index (χ2v) is 4.42. The van der Waals surface area contributed by atoms with Crippen LogP contribution in [0.1, 0.15) is 32.1 Å². The average Bonchev–Trinajstić information content (AvgIpc) is 2.73. The van der Waals surface area contributed by atoms with Crippen molar-refractivity contribution in [3.05, 3.63) is 0 Å². The van der Waals surface area contributed by atoms with Crippen molar-refractivity contribution >= 4 is 11.9 Å². The van der Waals surface area contributed by atoms with Crippen LogP contribution in [0.3, 0.4) is 0 Å². The minimum absolute atomic E-state index is 0.0834. The maximum Gasteiger partial charge on any atom is 0.303 e. The van der Waals surface area contributed by atoms with Crippen molar-refractivity contribution in [2.24, 2.45) is 5.73 Å². The summed E-state index contributed by atoms with van der Waals surface area (Å²) in [5.74, 6) is -1.21. The Morgan fingerprint density at radius 1 is 1.53 bits per heavy atom. The lowest BCUT2D eigenvalue weighted by atomic mass is 10.1. The van der Waals surface area contributed by atoms with Gasteiger partial charge in [-0.3, -0.25) is 9.59 Å². The van der Waals surface area contributed by atoms with E-state index in [0.717, 1.165) is 19.3 Å². The zero-order valence-corrected chi connectivity index (χ0v) is 10.0. The minimum Gasteiger partial charge on any atom is -0.481 e. The Hall–Kier alpha value is -1.14. The summed E-state index contributed by atoms with van der Waals surface area (Å²) in [6.07, 6.45) is 2.91. The van der Waals surface area contributed by atoms with Crippen LogP contribution >= 0.6 is 0 Å². The van der Waals surface area contributed by atoms with Gasteiger partial charge in [0.1, 0.15) is 0 Å². The summed E-state index contributed by atoms with van der Waals surface area (Å²) in [5.41, 5.74) is 5.60. The van der Waals surface area contributed by atoms with Gasteiger partial charge in [0.05, 0.1) is 12.1 Å². The molecule has 0 aromatic rings. The van der Waals surface area contributed by atoms with E-state index in [4.69, 9.17) is 15.6 Å². The lowest BCUT2D eigenvalue weighted by molar-refractivity contribution is -0.137. The fraction of sp³-hybridized carbons (Fsp3) is 0.818. The quantitative estimate of drug-likeness (QED) is 0.603. The maximum absolute atomic E-state index is 11.6. The second kappa shape index (κ2) is 6.56. The van der Waals surface area contributed by atoms with Crippen LogP contribution in [0.15, 0.2) is 0 Å². The summed E-state index contributed by atoms with van der Waals surface area (Å²) in [4.78, 5) is 22.0. The number of hydrogen-bond donors (Lipinski definition) is 3. The Morgan fingerprint density at radius 3 is 2.76 bits per heavy atom. The van der Waals surface area contributed by atoms with Gasteiger partial charge in [0.2, 0.25) is 5.91 Å². The van der Waals surface area contributed by atoms with Gasteiger partial charge in [-0.25, -0.2) is 0 Å². The molecule has 1 fully saturated rings. The van der Waals surface area contributed by atoms with E-state index in [0.29, 0.717) is 0 Å². The Labute approximate surface area is 101 Å². The highest BCUT2D eigenvalue weighted by Crippen LogP contribution is 2.21. The fourth-order valence-corrected chi connectivity index (χ4v) is 2.00. The minimum atomic E-state index is -0.937. The van der Waals surface area contributed by atoms with E-state index >= 15 is 0 Å². The first kappa shape index (κ1) is 13.9. The lowest BCUT2D eigenvalue weighted by Crippen LogP contribution is -2.45. The third kappa shape index (κ3) is 4.70. The molecule has 0 aliphatic heterocycles. The Bertz CT molecular complexity index is 283. The van der Waals surface area contributed by atoms with Crippen LogP contribution in [-0.4, -0.2) is 42.3 Å². The van der Waals surface area contributed by atoms with Crippen molar-refractivity contribution < 1.29 is 19.4 Å². The predicted octanol–water partition coefficient (Wildman–Crippen LogP) is -0.138. The van der Waals surface area contributed by atoms with Gasteiger partial charge in [-0.1, -0.05) is 0 Å². The normalized spacial score (nSPS) is 25.5. The predicted molar refractivity (Wildman–Crippen MR) is 61.4 cm³/mol. The molecule has 3 unspecified atom stereocenters. The van der Waals surface area contributed by atoms with Crippen molar-refractivity contribution in [3.63, 3.8) is 0 Å². The molecule has 6 heteroatoms. The number of carbonyl (C=O) groups excluding carboxylic acids is 1. The van der Waals surface area contributed by atoms with E-state index in [1.807, 2.05) is 0 Å². The molecule has 0 bridgehead atoms. The number of nitrogens with two attached hydrogens (primary N) is 1. The molecule has 0 saturated heterocycles. The van der Waals surface area contributed by atoms with Gasteiger partial charge in [-0.2, -0.15) is 0 Å². The number of hydrogen-bond acceptors (Lipinski definition) is 4. The summed E-state index contributed by atoms with van der Waals surface area (Å²) >= 11 is 0. The maximum atomic E-state index is 11.6. The van der Waals surface area contributed by atoms with Crippen LogP contribution in [0.4, 0.5) is 0 Å². The van der Waals surface area contributed by atoms with Gasteiger partial charge in [-0.15, -0.1) is 0 Å². The molecule has 0 spiro atoms.